The molecule has 14 heavy (non-hydrogen) atoms. The zero-order chi connectivity index (χ0) is 9.80. The van der Waals surface area contributed by atoms with Gasteiger partial charge in [0.2, 0.25) is 0 Å². The Balaban J connectivity index is 2.23. The van der Waals surface area contributed by atoms with Crippen LogP contribution in [0.3, 0.4) is 0 Å². The van der Waals surface area contributed by atoms with Crippen molar-refractivity contribution in [1.82, 2.24) is 4.98 Å². The Morgan fingerprint density at radius 2 is 1.86 bits per heavy atom. The van der Waals surface area contributed by atoms with Crippen LogP contribution in [-0.4, -0.2) is 4.98 Å². The zero-order valence-corrected chi connectivity index (χ0v) is 8.33. The summed E-state index contributed by atoms with van der Waals surface area (Å²) < 4.78 is 0. The van der Waals surface area contributed by atoms with Gasteiger partial charge in [-0.25, -0.2) is 0 Å². The van der Waals surface area contributed by atoms with Crippen LogP contribution >= 0.6 is 11.6 Å². The van der Waals surface area contributed by atoms with Crippen LogP contribution in [0.15, 0.2) is 42.6 Å². The van der Waals surface area contributed by atoms with E-state index in [1.54, 1.807) is 0 Å². The summed E-state index contributed by atoms with van der Waals surface area (Å²) >= 11 is 6.00. The molecule has 0 aliphatic rings. The average Bonchev–Trinajstić information content (AvgIpc) is 2.69. The predicted molar refractivity (Wildman–Crippen MR) is 61.2 cm³/mol. The van der Waals surface area contributed by atoms with Crippen molar-refractivity contribution >= 4 is 23.8 Å². The number of aromatic nitrogens is 1. The molecule has 0 spiro atoms. The van der Waals surface area contributed by atoms with Crippen LogP contribution in [-0.2, 0) is 0 Å². The van der Waals surface area contributed by atoms with E-state index in [1.807, 2.05) is 54.7 Å². The lowest BCUT2D eigenvalue weighted by molar-refractivity contribution is 1.38. The minimum absolute atomic E-state index is 0.773. The second-order valence-corrected chi connectivity index (χ2v) is 3.39. The third kappa shape index (κ3) is 2.06. The summed E-state index contributed by atoms with van der Waals surface area (Å²) in [5.74, 6) is 0. The Morgan fingerprint density at radius 1 is 1.00 bits per heavy atom. The first kappa shape index (κ1) is 9.10. The molecular weight excluding hydrogens is 194 g/mol. The fourth-order valence-electron chi connectivity index (χ4n) is 1.24. The summed E-state index contributed by atoms with van der Waals surface area (Å²) in [5, 5.41) is 0.773. The van der Waals surface area contributed by atoms with E-state index in [0.717, 1.165) is 16.3 Å². The first-order valence-electron chi connectivity index (χ1n) is 4.42. The Hall–Kier alpha value is -1.47. The maximum Gasteiger partial charge on any atom is 0.0478 e. The van der Waals surface area contributed by atoms with E-state index in [4.69, 9.17) is 11.6 Å². The highest BCUT2D eigenvalue weighted by Crippen LogP contribution is 2.17. The summed E-state index contributed by atoms with van der Waals surface area (Å²) in [7, 11) is 0. The maximum atomic E-state index is 6.00. The molecule has 2 heteroatoms. The van der Waals surface area contributed by atoms with Gasteiger partial charge in [-0.3, -0.25) is 0 Å². The number of nitrogens with one attached hydrogen (secondary N) is 1. The van der Waals surface area contributed by atoms with Gasteiger partial charge in [0.15, 0.2) is 0 Å². The van der Waals surface area contributed by atoms with Crippen LogP contribution in [0.5, 0.6) is 0 Å². The molecule has 0 aliphatic heterocycles. The van der Waals surface area contributed by atoms with Crippen molar-refractivity contribution < 1.29 is 0 Å². The van der Waals surface area contributed by atoms with Crippen molar-refractivity contribution in [3.63, 3.8) is 0 Å². The van der Waals surface area contributed by atoms with E-state index in [2.05, 4.69) is 4.98 Å². The molecular formula is C12H10ClN. The van der Waals surface area contributed by atoms with Crippen molar-refractivity contribution in [3.05, 3.63) is 58.9 Å². The van der Waals surface area contributed by atoms with E-state index >= 15 is 0 Å². The summed E-state index contributed by atoms with van der Waals surface area (Å²) in [6.45, 7) is 0. The van der Waals surface area contributed by atoms with Crippen molar-refractivity contribution in [2.75, 3.05) is 0 Å². The normalized spacial score (nSPS) is 10.9. The second kappa shape index (κ2) is 4.16. The van der Waals surface area contributed by atoms with E-state index < -0.39 is 0 Å². The van der Waals surface area contributed by atoms with E-state index in [0.29, 0.717) is 0 Å². The number of halogens is 1. The lowest BCUT2D eigenvalue weighted by Crippen LogP contribution is -1.73. The van der Waals surface area contributed by atoms with Crippen molar-refractivity contribution in [2.45, 2.75) is 0 Å². The van der Waals surface area contributed by atoms with Gasteiger partial charge in [0.05, 0.1) is 0 Å². The number of hydrogen-bond acceptors (Lipinski definition) is 0. The quantitative estimate of drug-likeness (QED) is 0.764. The van der Waals surface area contributed by atoms with Gasteiger partial charge < -0.3 is 4.98 Å². The third-order valence-electron chi connectivity index (χ3n) is 1.97. The predicted octanol–water partition coefficient (Wildman–Crippen LogP) is 3.84. The number of hydrogen-bond donors (Lipinski definition) is 1. The summed E-state index contributed by atoms with van der Waals surface area (Å²) in [6.07, 6.45) is 5.89. The first-order valence-corrected chi connectivity index (χ1v) is 4.80. The van der Waals surface area contributed by atoms with Crippen LogP contribution < -0.4 is 0 Å². The number of aromatic amines is 1. The molecule has 0 bridgehead atoms. The van der Waals surface area contributed by atoms with Crippen LogP contribution in [0, 0.1) is 0 Å². The molecule has 0 saturated carbocycles. The summed E-state index contributed by atoms with van der Waals surface area (Å²) in [6, 6.07) is 11.7. The fourth-order valence-corrected chi connectivity index (χ4v) is 1.44. The lowest BCUT2D eigenvalue weighted by Gasteiger charge is -1.95. The van der Waals surface area contributed by atoms with Gasteiger partial charge in [0.1, 0.15) is 0 Å². The van der Waals surface area contributed by atoms with Crippen molar-refractivity contribution in [1.29, 1.82) is 0 Å². The molecule has 1 heterocycles. The van der Waals surface area contributed by atoms with Crippen LogP contribution in [0.4, 0.5) is 0 Å². The monoisotopic (exact) mass is 203 g/mol. The molecule has 0 amide bonds. The molecule has 2 aromatic rings. The molecule has 0 radical (unpaired) electrons. The molecule has 0 fully saturated rings. The minimum Gasteiger partial charge on any atom is -0.362 e. The van der Waals surface area contributed by atoms with Crippen LogP contribution in [0.2, 0.25) is 5.02 Å². The van der Waals surface area contributed by atoms with Crippen LogP contribution in [0.25, 0.3) is 12.2 Å². The number of rotatable bonds is 2. The summed E-state index contributed by atoms with van der Waals surface area (Å²) in [5.41, 5.74) is 2.11. The fraction of sp³-hybridized carbons (Fsp3) is 0. The third-order valence-corrected chi connectivity index (χ3v) is 2.31. The molecule has 70 valence electrons. The van der Waals surface area contributed by atoms with Gasteiger partial charge in [-0.15, -0.1) is 0 Å². The largest absolute Gasteiger partial charge is 0.362 e. The molecule has 2 rings (SSSR count). The smallest absolute Gasteiger partial charge is 0.0478 e. The average molecular weight is 204 g/mol. The van der Waals surface area contributed by atoms with E-state index in [9.17, 15) is 0 Å². The lowest BCUT2D eigenvalue weighted by atomic mass is 10.2. The van der Waals surface area contributed by atoms with E-state index in [1.165, 1.54) is 0 Å². The molecule has 0 aliphatic carbocycles. The minimum atomic E-state index is 0.773. The number of H-pyrrole nitrogens is 1. The first-order chi connectivity index (χ1) is 6.86. The van der Waals surface area contributed by atoms with Gasteiger partial charge in [-0.2, -0.15) is 0 Å². The highest BCUT2D eigenvalue weighted by molar-refractivity contribution is 6.32. The molecule has 1 N–H and O–H groups in total. The van der Waals surface area contributed by atoms with E-state index in [-0.39, 0.29) is 0 Å². The SMILES string of the molecule is Clc1ccccc1/C=C/c1ccc[nH]1. The summed E-state index contributed by atoms with van der Waals surface area (Å²) in [4.78, 5) is 3.10. The highest BCUT2D eigenvalue weighted by Gasteiger charge is 1.92. The molecule has 1 nitrogen and oxygen atoms in total. The van der Waals surface area contributed by atoms with Crippen molar-refractivity contribution in [3.8, 4) is 0 Å². The van der Waals surface area contributed by atoms with Crippen LogP contribution in [0.1, 0.15) is 11.3 Å². The Labute approximate surface area is 88.0 Å². The molecule has 0 unspecified atom stereocenters. The molecule has 1 aromatic heterocycles. The van der Waals surface area contributed by atoms with Gasteiger partial charge in [-0.05, 0) is 29.8 Å². The Bertz CT molecular complexity index is 429. The van der Waals surface area contributed by atoms with Gasteiger partial charge in [0.25, 0.3) is 0 Å². The van der Waals surface area contributed by atoms with Crippen molar-refractivity contribution in [2.24, 2.45) is 0 Å². The van der Waals surface area contributed by atoms with Gasteiger partial charge in [0, 0.05) is 16.9 Å². The molecule has 0 saturated heterocycles. The highest BCUT2D eigenvalue weighted by atomic mass is 35.5. The maximum absolute atomic E-state index is 6.00. The molecule has 0 atom stereocenters. The zero-order valence-electron chi connectivity index (χ0n) is 7.57. The topological polar surface area (TPSA) is 15.8 Å². The second-order valence-electron chi connectivity index (χ2n) is 2.98. The number of benzene rings is 1. The van der Waals surface area contributed by atoms with Gasteiger partial charge in [-0.1, -0.05) is 35.9 Å². The Morgan fingerprint density at radius 3 is 2.57 bits per heavy atom. The molecule has 1 aromatic carbocycles. The van der Waals surface area contributed by atoms with Gasteiger partial charge >= 0.3 is 0 Å². The standard InChI is InChI=1S/C12H10ClN/c13-12-6-2-1-4-10(12)7-8-11-5-3-9-14-11/h1-9,14H/b8-7+. The Kier molecular flexibility index (Phi) is 2.70.